The molecule has 0 aliphatic carbocycles. The van der Waals surface area contributed by atoms with E-state index in [0.717, 1.165) is 19.5 Å². The average molecular weight is 242 g/mol. The van der Waals surface area contributed by atoms with Crippen molar-refractivity contribution < 1.29 is 4.79 Å². The van der Waals surface area contributed by atoms with Crippen LogP contribution in [0.3, 0.4) is 0 Å². The van der Waals surface area contributed by atoms with Gasteiger partial charge in [0.25, 0.3) is 0 Å². The van der Waals surface area contributed by atoms with Gasteiger partial charge in [0, 0.05) is 25.6 Å². The summed E-state index contributed by atoms with van der Waals surface area (Å²) in [7, 11) is 0. The van der Waals surface area contributed by atoms with E-state index < -0.39 is 0 Å². The Bertz CT molecular complexity index is 231. The molecule has 17 heavy (non-hydrogen) atoms. The number of nitrogens with zero attached hydrogens (tertiary/aromatic N) is 1. The average Bonchev–Trinajstić information content (AvgIpc) is 2.10. The van der Waals surface area contributed by atoms with Crippen molar-refractivity contribution in [1.29, 1.82) is 0 Å². The number of hydrogen-bond donors (Lipinski definition) is 1. The van der Waals surface area contributed by atoms with E-state index in [0.29, 0.717) is 12.3 Å². The van der Waals surface area contributed by atoms with Gasteiger partial charge in [0.15, 0.2) is 0 Å². The normalized spacial score (nSPS) is 13.9. The van der Waals surface area contributed by atoms with Crippen molar-refractivity contribution in [1.82, 2.24) is 4.90 Å². The highest BCUT2D eigenvalue weighted by Crippen LogP contribution is 2.21. The summed E-state index contributed by atoms with van der Waals surface area (Å²) in [5.41, 5.74) is 6.23. The van der Waals surface area contributed by atoms with Crippen molar-refractivity contribution in [3.8, 4) is 0 Å². The van der Waals surface area contributed by atoms with Gasteiger partial charge in [0.1, 0.15) is 0 Å². The van der Waals surface area contributed by atoms with Crippen LogP contribution < -0.4 is 5.73 Å². The molecule has 0 spiro atoms. The van der Waals surface area contributed by atoms with E-state index in [1.807, 2.05) is 11.8 Å². The fourth-order valence-corrected chi connectivity index (χ4v) is 2.06. The lowest BCUT2D eigenvalue weighted by molar-refractivity contribution is -0.132. The molecule has 0 fully saturated rings. The van der Waals surface area contributed by atoms with Gasteiger partial charge in [0.2, 0.25) is 5.91 Å². The van der Waals surface area contributed by atoms with Crippen molar-refractivity contribution in [3.63, 3.8) is 0 Å². The van der Waals surface area contributed by atoms with Gasteiger partial charge in [-0.25, -0.2) is 0 Å². The first-order valence-electron chi connectivity index (χ1n) is 6.69. The van der Waals surface area contributed by atoms with Crippen molar-refractivity contribution >= 4 is 5.91 Å². The Kier molecular flexibility index (Phi) is 6.76. The second-order valence-corrected chi connectivity index (χ2v) is 6.56. The molecule has 102 valence electrons. The Morgan fingerprint density at radius 1 is 1.29 bits per heavy atom. The highest BCUT2D eigenvalue weighted by Gasteiger charge is 2.20. The zero-order chi connectivity index (χ0) is 13.6. The van der Waals surface area contributed by atoms with Gasteiger partial charge < -0.3 is 10.6 Å². The van der Waals surface area contributed by atoms with E-state index in [1.54, 1.807) is 0 Å². The van der Waals surface area contributed by atoms with Crippen molar-refractivity contribution in [3.05, 3.63) is 0 Å². The summed E-state index contributed by atoms with van der Waals surface area (Å²) in [6.45, 7) is 14.4. The molecule has 1 unspecified atom stereocenters. The van der Waals surface area contributed by atoms with Gasteiger partial charge in [-0.2, -0.15) is 0 Å². The van der Waals surface area contributed by atoms with E-state index in [1.165, 1.54) is 0 Å². The second kappa shape index (κ2) is 7.00. The third-order valence-corrected chi connectivity index (χ3v) is 2.63. The van der Waals surface area contributed by atoms with Crippen LogP contribution in [0.25, 0.3) is 0 Å². The predicted octanol–water partition coefficient (Wildman–Crippen LogP) is 2.64. The molecule has 2 N–H and O–H groups in total. The van der Waals surface area contributed by atoms with Crippen LogP contribution in [0.5, 0.6) is 0 Å². The first-order valence-corrected chi connectivity index (χ1v) is 6.69. The minimum atomic E-state index is -0.0243. The summed E-state index contributed by atoms with van der Waals surface area (Å²) in [5.74, 6) is 0.704. The molecule has 0 saturated carbocycles. The molecule has 3 heteroatoms. The molecule has 0 rings (SSSR count). The lowest BCUT2D eigenvalue weighted by Gasteiger charge is -2.27. The summed E-state index contributed by atoms with van der Waals surface area (Å²) in [5, 5.41) is 0. The van der Waals surface area contributed by atoms with E-state index in [2.05, 4.69) is 34.6 Å². The molecule has 0 aliphatic heterocycles. The maximum atomic E-state index is 12.1. The predicted molar refractivity (Wildman–Crippen MR) is 73.8 cm³/mol. The van der Waals surface area contributed by atoms with Crippen LogP contribution in [0.2, 0.25) is 0 Å². The van der Waals surface area contributed by atoms with Crippen molar-refractivity contribution in [2.24, 2.45) is 17.1 Å². The largest absolute Gasteiger partial charge is 0.343 e. The van der Waals surface area contributed by atoms with Crippen LogP contribution in [0, 0.1) is 11.3 Å². The Hall–Kier alpha value is -0.570. The molecule has 0 saturated heterocycles. The Labute approximate surface area is 107 Å². The monoisotopic (exact) mass is 242 g/mol. The highest BCUT2D eigenvalue weighted by molar-refractivity contribution is 5.76. The van der Waals surface area contributed by atoms with Crippen LogP contribution in [0.4, 0.5) is 0 Å². The van der Waals surface area contributed by atoms with E-state index >= 15 is 0 Å². The van der Waals surface area contributed by atoms with Gasteiger partial charge in [-0.15, -0.1) is 0 Å². The van der Waals surface area contributed by atoms with Crippen LogP contribution in [0.15, 0.2) is 0 Å². The van der Waals surface area contributed by atoms with Crippen LogP contribution in [0.1, 0.15) is 54.4 Å². The molecule has 0 bridgehead atoms. The maximum Gasteiger partial charge on any atom is 0.224 e. The number of rotatable bonds is 6. The SMILES string of the molecule is CCN(CC(C)C)C(=O)CC(N)CC(C)(C)C. The molecular weight excluding hydrogens is 212 g/mol. The van der Waals surface area contributed by atoms with Crippen LogP contribution in [-0.4, -0.2) is 29.9 Å². The fraction of sp³-hybridized carbons (Fsp3) is 0.929. The molecule has 1 amide bonds. The van der Waals surface area contributed by atoms with Gasteiger partial charge in [0.05, 0.1) is 0 Å². The summed E-state index contributed by atoms with van der Waals surface area (Å²) < 4.78 is 0. The van der Waals surface area contributed by atoms with E-state index in [4.69, 9.17) is 5.73 Å². The Morgan fingerprint density at radius 3 is 2.18 bits per heavy atom. The fourth-order valence-electron chi connectivity index (χ4n) is 2.06. The third-order valence-electron chi connectivity index (χ3n) is 2.63. The number of carbonyl (C=O) groups is 1. The summed E-state index contributed by atoms with van der Waals surface area (Å²) in [6, 6.07) is -0.0243. The smallest absolute Gasteiger partial charge is 0.224 e. The van der Waals surface area contributed by atoms with Crippen LogP contribution in [-0.2, 0) is 4.79 Å². The zero-order valence-corrected chi connectivity index (χ0v) is 12.4. The lowest BCUT2D eigenvalue weighted by atomic mass is 9.87. The standard InChI is InChI=1S/C14H30N2O/c1-7-16(10-11(2)3)13(17)8-12(15)9-14(4,5)6/h11-12H,7-10,15H2,1-6H3. The molecule has 3 nitrogen and oxygen atoms in total. The molecule has 1 atom stereocenters. The zero-order valence-electron chi connectivity index (χ0n) is 12.4. The molecule has 0 radical (unpaired) electrons. The molecule has 0 heterocycles. The number of carbonyl (C=O) groups excluding carboxylic acids is 1. The topological polar surface area (TPSA) is 46.3 Å². The number of hydrogen-bond acceptors (Lipinski definition) is 2. The maximum absolute atomic E-state index is 12.1. The van der Waals surface area contributed by atoms with Gasteiger partial charge in [-0.1, -0.05) is 34.6 Å². The van der Waals surface area contributed by atoms with Crippen LogP contribution >= 0.6 is 0 Å². The van der Waals surface area contributed by atoms with Gasteiger partial charge >= 0.3 is 0 Å². The second-order valence-electron chi connectivity index (χ2n) is 6.56. The van der Waals surface area contributed by atoms with E-state index in [-0.39, 0.29) is 17.4 Å². The number of amides is 1. The first-order chi connectivity index (χ1) is 7.65. The quantitative estimate of drug-likeness (QED) is 0.778. The summed E-state index contributed by atoms with van der Waals surface area (Å²) in [6.07, 6.45) is 1.36. The summed E-state index contributed by atoms with van der Waals surface area (Å²) >= 11 is 0. The van der Waals surface area contributed by atoms with Crippen molar-refractivity contribution in [2.75, 3.05) is 13.1 Å². The first kappa shape index (κ1) is 16.4. The van der Waals surface area contributed by atoms with Crippen molar-refractivity contribution in [2.45, 2.75) is 60.4 Å². The molecule has 0 aliphatic rings. The highest BCUT2D eigenvalue weighted by atomic mass is 16.2. The minimum Gasteiger partial charge on any atom is -0.343 e. The molecule has 0 aromatic rings. The molecule has 0 aromatic heterocycles. The lowest BCUT2D eigenvalue weighted by Crippen LogP contribution is -2.39. The minimum absolute atomic E-state index is 0.0243. The molecule has 0 aromatic carbocycles. The summed E-state index contributed by atoms with van der Waals surface area (Å²) in [4.78, 5) is 14.0. The van der Waals surface area contributed by atoms with Gasteiger partial charge in [-0.3, -0.25) is 4.79 Å². The van der Waals surface area contributed by atoms with E-state index in [9.17, 15) is 4.79 Å². The molecular formula is C14H30N2O. The Balaban J connectivity index is 4.22. The Morgan fingerprint density at radius 2 is 1.82 bits per heavy atom. The number of nitrogens with two attached hydrogens (primary N) is 1. The van der Waals surface area contributed by atoms with Gasteiger partial charge in [-0.05, 0) is 24.7 Å². The third kappa shape index (κ3) is 8.19.